The van der Waals surface area contributed by atoms with E-state index in [1.54, 1.807) is 6.07 Å². The number of hydrogen-bond acceptors (Lipinski definition) is 9. The molecule has 5 N–H and O–H groups in total. The molecular formula is C23H24O9. The second-order valence-electron chi connectivity index (χ2n) is 8.10. The third-order valence-electron chi connectivity index (χ3n) is 5.82. The lowest BCUT2D eigenvalue weighted by Gasteiger charge is -2.39. The van der Waals surface area contributed by atoms with E-state index < -0.39 is 48.0 Å². The van der Waals surface area contributed by atoms with E-state index in [2.05, 4.69) is 0 Å². The first-order chi connectivity index (χ1) is 15.1. The number of phenolic OH excluding ortho intramolecular Hbond substituents is 2. The number of aliphatic hydroxyl groups excluding tert-OH is 3. The summed E-state index contributed by atoms with van der Waals surface area (Å²) in [5.41, 5.74) is 0.401. The Labute approximate surface area is 183 Å². The largest absolute Gasteiger partial charge is 0.508 e. The van der Waals surface area contributed by atoms with E-state index in [-0.39, 0.29) is 33.8 Å². The molecule has 2 aromatic carbocycles. The molecule has 0 unspecified atom stereocenters. The molecule has 1 aliphatic carbocycles. The van der Waals surface area contributed by atoms with Crippen LogP contribution in [0.3, 0.4) is 0 Å². The Bertz CT molecular complexity index is 1090. The second-order valence-corrected chi connectivity index (χ2v) is 8.10. The van der Waals surface area contributed by atoms with E-state index in [9.17, 15) is 35.1 Å². The average Bonchev–Trinajstić information content (AvgIpc) is 2.73. The van der Waals surface area contributed by atoms with Gasteiger partial charge in [-0.15, -0.1) is 0 Å². The standard InChI is InChI=1S/C23H24O9/c1-3-4-10-5-12(32-23-22(30)21(29)18(26)9(2)31-23)8-14-16(10)20(28)17-13(19(14)27)6-11(24)7-15(17)25/h5-9,18,21-26,29-30H,3-4H2,1-2H3/t9-,18-,21+,22+,23-/m0/s1. The molecule has 0 saturated carbocycles. The minimum Gasteiger partial charge on any atom is -0.508 e. The van der Waals surface area contributed by atoms with Crippen LogP contribution in [0.2, 0.25) is 0 Å². The number of ether oxygens (including phenoxy) is 2. The summed E-state index contributed by atoms with van der Waals surface area (Å²) >= 11 is 0. The Hall–Kier alpha value is -2.98. The number of aliphatic hydroxyl groups is 3. The molecule has 1 heterocycles. The normalized spacial score (nSPS) is 27.1. The molecule has 1 saturated heterocycles. The van der Waals surface area contributed by atoms with Gasteiger partial charge in [0.2, 0.25) is 6.29 Å². The van der Waals surface area contributed by atoms with Crippen molar-refractivity contribution < 1.29 is 44.6 Å². The lowest BCUT2D eigenvalue weighted by Crippen LogP contribution is -2.58. The highest BCUT2D eigenvalue weighted by Crippen LogP contribution is 2.39. The highest BCUT2D eigenvalue weighted by molar-refractivity contribution is 6.30. The molecular weight excluding hydrogens is 420 g/mol. The highest BCUT2D eigenvalue weighted by atomic mass is 16.7. The van der Waals surface area contributed by atoms with Crippen LogP contribution in [0.1, 0.15) is 57.7 Å². The quantitative estimate of drug-likeness (QED) is 0.397. The zero-order valence-corrected chi connectivity index (χ0v) is 17.5. The Morgan fingerprint density at radius 2 is 1.59 bits per heavy atom. The molecule has 0 radical (unpaired) electrons. The topological polar surface area (TPSA) is 154 Å². The van der Waals surface area contributed by atoms with Gasteiger partial charge in [0.1, 0.15) is 35.6 Å². The summed E-state index contributed by atoms with van der Waals surface area (Å²) in [6, 6.07) is 5.01. The fraction of sp³-hybridized carbons (Fsp3) is 0.391. The summed E-state index contributed by atoms with van der Waals surface area (Å²) in [7, 11) is 0. The number of fused-ring (bicyclic) bond motifs is 2. The summed E-state index contributed by atoms with van der Waals surface area (Å²) in [4.78, 5) is 26.4. The van der Waals surface area contributed by atoms with Crippen molar-refractivity contribution in [1.29, 1.82) is 0 Å². The molecule has 0 amide bonds. The van der Waals surface area contributed by atoms with Gasteiger partial charge in [-0.2, -0.15) is 0 Å². The van der Waals surface area contributed by atoms with Gasteiger partial charge in [0.05, 0.1) is 11.7 Å². The van der Waals surface area contributed by atoms with Gasteiger partial charge in [-0.3, -0.25) is 9.59 Å². The average molecular weight is 444 g/mol. The smallest absolute Gasteiger partial charge is 0.229 e. The maximum Gasteiger partial charge on any atom is 0.229 e. The van der Waals surface area contributed by atoms with Crippen molar-refractivity contribution in [3.8, 4) is 17.2 Å². The maximum absolute atomic E-state index is 13.2. The monoisotopic (exact) mass is 444 g/mol. The molecule has 9 nitrogen and oxygen atoms in total. The minimum atomic E-state index is -1.54. The van der Waals surface area contributed by atoms with Crippen LogP contribution in [0, 0.1) is 0 Å². The summed E-state index contributed by atoms with van der Waals surface area (Å²) in [6.07, 6.45) is -5.37. The molecule has 1 aliphatic heterocycles. The second kappa shape index (κ2) is 8.18. The van der Waals surface area contributed by atoms with Crippen LogP contribution >= 0.6 is 0 Å². The first kappa shape index (κ1) is 22.2. The van der Waals surface area contributed by atoms with Crippen molar-refractivity contribution in [2.45, 2.75) is 57.4 Å². The summed E-state index contributed by atoms with van der Waals surface area (Å²) in [5.74, 6) is -1.82. The van der Waals surface area contributed by atoms with Crippen LogP contribution in [0.4, 0.5) is 0 Å². The zero-order chi connectivity index (χ0) is 23.3. The van der Waals surface area contributed by atoms with E-state index in [1.807, 2.05) is 6.92 Å². The number of aromatic hydroxyl groups is 2. The van der Waals surface area contributed by atoms with Crippen LogP contribution in [-0.4, -0.2) is 67.8 Å². The van der Waals surface area contributed by atoms with Crippen molar-refractivity contribution in [2.24, 2.45) is 0 Å². The number of carbonyl (C=O) groups is 2. The van der Waals surface area contributed by atoms with Gasteiger partial charge in [0.15, 0.2) is 11.6 Å². The molecule has 4 rings (SSSR count). The van der Waals surface area contributed by atoms with Crippen molar-refractivity contribution in [3.05, 3.63) is 52.1 Å². The molecule has 5 atom stereocenters. The van der Waals surface area contributed by atoms with Gasteiger partial charge in [0, 0.05) is 22.8 Å². The number of aryl methyl sites for hydroxylation is 1. The van der Waals surface area contributed by atoms with Gasteiger partial charge in [-0.1, -0.05) is 13.3 Å². The van der Waals surface area contributed by atoms with Gasteiger partial charge in [-0.05, 0) is 37.1 Å². The lowest BCUT2D eigenvalue weighted by molar-refractivity contribution is -0.268. The summed E-state index contributed by atoms with van der Waals surface area (Å²) in [6.45, 7) is 3.41. The lowest BCUT2D eigenvalue weighted by atomic mass is 9.80. The Kier molecular flexibility index (Phi) is 5.68. The van der Waals surface area contributed by atoms with Gasteiger partial charge < -0.3 is 35.0 Å². The first-order valence-corrected chi connectivity index (χ1v) is 10.3. The van der Waals surface area contributed by atoms with Crippen LogP contribution < -0.4 is 4.74 Å². The predicted molar refractivity (Wildman–Crippen MR) is 110 cm³/mol. The van der Waals surface area contributed by atoms with Gasteiger partial charge in [-0.25, -0.2) is 0 Å². The fourth-order valence-corrected chi connectivity index (χ4v) is 4.20. The summed E-state index contributed by atoms with van der Waals surface area (Å²) in [5, 5.41) is 50.1. The van der Waals surface area contributed by atoms with Crippen LogP contribution in [0.25, 0.3) is 0 Å². The molecule has 0 spiro atoms. The third-order valence-corrected chi connectivity index (χ3v) is 5.82. The Balaban J connectivity index is 1.78. The highest BCUT2D eigenvalue weighted by Gasteiger charge is 2.43. The zero-order valence-electron chi connectivity index (χ0n) is 17.5. The number of hydrogen-bond donors (Lipinski definition) is 5. The van der Waals surface area contributed by atoms with Crippen molar-refractivity contribution in [1.82, 2.24) is 0 Å². The SMILES string of the molecule is CCCc1cc(O[C@@H]2O[C@@H](C)[C@H](O)[C@@H](O)[C@H]2O)cc2c1C(=O)c1c(O)cc(O)cc1C2=O. The first-order valence-electron chi connectivity index (χ1n) is 10.3. The minimum absolute atomic E-state index is 0.0346. The number of rotatable bonds is 4. The summed E-state index contributed by atoms with van der Waals surface area (Å²) < 4.78 is 11.2. The molecule has 0 bridgehead atoms. The predicted octanol–water partition coefficient (Wildman–Crippen LogP) is 1.03. The van der Waals surface area contributed by atoms with Crippen molar-refractivity contribution in [2.75, 3.05) is 0 Å². The van der Waals surface area contributed by atoms with Crippen LogP contribution in [0.5, 0.6) is 17.2 Å². The maximum atomic E-state index is 13.2. The van der Waals surface area contributed by atoms with Crippen LogP contribution in [-0.2, 0) is 11.2 Å². The number of phenols is 2. The van der Waals surface area contributed by atoms with Crippen LogP contribution in [0.15, 0.2) is 24.3 Å². The molecule has 0 aromatic heterocycles. The Morgan fingerprint density at radius 3 is 2.28 bits per heavy atom. The van der Waals surface area contributed by atoms with E-state index in [0.717, 1.165) is 12.1 Å². The molecule has 32 heavy (non-hydrogen) atoms. The van der Waals surface area contributed by atoms with E-state index in [0.29, 0.717) is 18.4 Å². The molecule has 9 heteroatoms. The molecule has 1 fully saturated rings. The third kappa shape index (κ3) is 3.53. The van der Waals surface area contributed by atoms with E-state index in [1.165, 1.54) is 13.0 Å². The number of benzene rings is 2. The van der Waals surface area contributed by atoms with E-state index >= 15 is 0 Å². The van der Waals surface area contributed by atoms with Gasteiger partial charge >= 0.3 is 0 Å². The van der Waals surface area contributed by atoms with Crippen molar-refractivity contribution >= 4 is 11.6 Å². The Morgan fingerprint density at radius 1 is 0.906 bits per heavy atom. The number of carbonyl (C=O) groups excluding carboxylic acids is 2. The molecule has 2 aromatic rings. The molecule has 2 aliphatic rings. The number of ketones is 2. The van der Waals surface area contributed by atoms with E-state index in [4.69, 9.17) is 9.47 Å². The fourth-order valence-electron chi connectivity index (χ4n) is 4.20. The molecule has 170 valence electrons. The van der Waals surface area contributed by atoms with Crippen molar-refractivity contribution in [3.63, 3.8) is 0 Å². The van der Waals surface area contributed by atoms with Gasteiger partial charge in [0.25, 0.3) is 0 Å².